The first kappa shape index (κ1) is 12.4. The maximum atomic E-state index is 4.60. The van der Waals surface area contributed by atoms with Gasteiger partial charge in [-0.1, -0.05) is 12.8 Å². The molecule has 4 heteroatoms. The molecule has 0 radical (unpaired) electrons. The lowest BCUT2D eigenvalue weighted by atomic mass is 10.2. The molecule has 0 amide bonds. The highest BCUT2D eigenvalue weighted by Crippen LogP contribution is 2.23. The molecular weight excluding hydrogens is 236 g/mol. The van der Waals surface area contributed by atoms with E-state index in [0.29, 0.717) is 0 Å². The number of hydrogen-bond donors (Lipinski definition) is 1. The number of thiazole rings is 1. The van der Waals surface area contributed by atoms with Gasteiger partial charge in [-0.05, 0) is 26.0 Å². The Morgan fingerprint density at radius 2 is 2.19 bits per heavy atom. The molecule has 1 aromatic heterocycles. The van der Waals surface area contributed by atoms with Crippen molar-refractivity contribution in [2.24, 2.45) is 0 Å². The van der Waals surface area contributed by atoms with Crippen LogP contribution in [0.25, 0.3) is 0 Å². The summed E-state index contributed by atoms with van der Waals surface area (Å²) >= 11 is 3.72. The third kappa shape index (κ3) is 3.22. The lowest BCUT2D eigenvalue weighted by Gasteiger charge is -2.10. The molecule has 1 N–H and O–H groups in total. The zero-order chi connectivity index (χ0) is 11.4. The summed E-state index contributed by atoms with van der Waals surface area (Å²) in [6, 6.07) is 0.755. The Labute approximate surface area is 106 Å². The van der Waals surface area contributed by atoms with Gasteiger partial charge in [0.25, 0.3) is 0 Å². The molecule has 2 nitrogen and oxygen atoms in total. The molecule has 0 unspecified atom stereocenters. The Morgan fingerprint density at radius 3 is 2.88 bits per heavy atom. The quantitative estimate of drug-likeness (QED) is 0.874. The molecule has 0 spiro atoms. The smallest absolute Gasteiger partial charge is 0.103 e. The molecule has 1 aliphatic carbocycles. The molecular formula is C12H20N2S2. The third-order valence-corrected chi connectivity index (χ3v) is 5.01. The normalized spacial score (nSPS) is 17.1. The molecule has 90 valence electrons. The molecule has 1 aromatic rings. The average Bonchev–Trinajstić information content (AvgIpc) is 2.86. The van der Waals surface area contributed by atoms with Gasteiger partial charge >= 0.3 is 0 Å². The second-order valence-electron chi connectivity index (χ2n) is 4.41. The van der Waals surface area contributed by atoms with Gasteiger partial charge in [-0.2, -0.15) is 11.8 Å². The van der Waals surface area contributed by atoms with Crippen LogP contribution < -0.4 is 5.32 Å². The Balaban J connectivity index is 1.87. The number of nitrogens with one attached hydrogen (secondary N) is 1. The second-order valence-corrected chi connectivity index (χ2v) is 6.45. The second kappa shape index (κ2) is 6.03. The summed E-state index contributed by atoms with van der Waals surface area (Å²) in [4.78, 5) is 6.03. The Bertz CT molecular complexity index is 330. The fraction of sp³-hybridized carbons (Fsp3) is 0.750. The van der Waals surface area contributed by atoms with Crippen molar-refractivity contribution in [1.82, 2.24) is 10.3 Å². The fourth-order valence-corrected chi connectivity index (χ4v) is 3.92. The van der Waals surface area contributed by atoms with Crippen LogP contribution in [0, 0.1) is 6.92 Å². The molecule has 1 saturated carbocycles. The van der Waals surface area contributed by atoms with Crippen molar-refractivity contribution in [3.05, 3.63) is 15.6 Å². The van der Waals surface area contributed by atoms with Crippen molar-refractivity contribution in [2.75, 3.05) is 6.26 Å². The molecule has 2 rings (SSSR count). The van der Waals surface area contributed by atoms with Gasteiger partial charge in [0.05, 0.1) is 5.69 Å². The summed E-state index contributed by atoms with van der Waals surface area (Å²) in [5.41, 5.74) is 1.22. The molecule has 0 saturated heterocycles. The minimum atomic E-state index is 0.755. The van der Waals surface area contributed by atoms with E-state index in [1.807, 2.05) is 23.1 Å². The molecule has 0 aromatic carbocycles. The van der Waals surface area contributed by atoms with E-state index >= 15 is 0 Å². The summed E-state index contributed by atoms with van der Waals surface area (Å²) in [7, 11) is 0. The molecule has 0 bridgehead atoms. The fourth-order valence-electron chi connectivity index (χ4n) is 2.20. The lowest BCUT2D eigenvalue weighted by Crippen LogP contribution is -2.25. The van der Waals surface area contributed by atoms with Gasteiger partial charge in [0.1, 0.15) is 5.01 Å². The van der Waals surface area contributed by atoms with Gasteiger partial charge in [0, 0.05) is 23.2 Å². The molecule has 1 heterocycles. The van der Waals surface area contributed by atoms with E-state index < -0.39 is 0 Å². The number of hydrogen-bond acceptors (Lipinski definition) is 4. The van der Waals surface area contributed by atoms with Gasteiger partial charge in [0.15, 0.2) is 0 Å². The number of rotatable bonds is 5. The summed E-state index contributed by atoms with van der Waals surface area (Å²) in [5, 5.41) is 4.93. The molecule has 0 atom stereocenters. The predicted molar refractivity (Wildman–Crippen MR) is 73.2 cm³/mol. The van der Waals surface area contributed by atoms with E-state index in [0.717, 1.165) is 18.3 Å². The summed E-state index contributed by atoms with van der Waals surface area (Å²) < 4.78 is 0. The first-order valence-electron chi connectivity index (χ1n) is 5.97. The third-order valence-electron chi connectivity index (χ3n) is 3.11. The summed E-state index contributed by atoms with van der Waals surface area (Å²) in [5.74, 6) is 1.05. The van der Waals surface area contributed by atoms with Crippen molar-refractivity contribution in [1.29, 1.82) is 0 Å². The van der Waals surface area contributed by atoms with Crippen LogP contribution in [0.5, 0.6) is 0 Å². The number of aryl methyl sites for hydroxylation is 1. The van der Waals surface area contributed by atoms with Gasteiger partial charge < -0.3 is 5.32 Å². The van der Waals surface area contributed by atoms with Crippen LogP contribution in [-0.2, 0) is 12.3 Å². The number of nitrogens with zero attached hydrogens (tertiary/aromatic N) is 1. The summed E-state index contributed by atoms with van der Waals surface area (Å²) in [6.07, 6.45) is 7.65. The van der Waals surface area contributed by atoms with Crippen LogP contribution in [0.15, 0.2) is 0 Å². The van der Waals surface area contributed by atoms with Crippen molar-refractivity contribution >= 4 is 23.1 Å². The highest BCUT2D eigenvalue weighted by molar-refractivity contribution is 7.97. The first-order valence-corrected chi connectivity index (χ1v) is 8.18. The maximum Gasteiger partial charge on any atom is 0.103 e. The van der Waals surface area contributed by atoms with Crippen molar-refractivity contribution in [3.63, 3.8) is 0 Å². The van der Waals surface area contributed by atoms with Gasteiger partial charge in [-0.3, -0.25) is 0 Å². The minimum absolute atomic E-state index is 0.755. The van der Waals surface area contributed by atoms with Crippen LogP contribution in [0.1, 0.15) is 41.3 Å². The van der Waals surface area contributed by atoms with Crippen molar-refractivity contribution in [3.8, 4) is 0 Å². The van der Waals surface area contributed by atoms with Crippen LogP contribution >= 0.6 is 23.1 Å². The van der Waals surface area contributed by atoms with Crippen molar-refractivity contribution < 1.29 is 0 Å². The number of aromatic nitrogens is 1. The Morgan fingerprint density at radius 1 is 1.44 bits per heavy atom. The van der Waals surface area contributed by atoms with Crippen LogP contribution in [0.3, 0.4) is 0 Å². The van der Waals surface area contributed by atoms with Crippen LogP contribution in [0.4, 0.5) is 0 Å². The van der Waals surface area contributed by atoms with Gasteiger partial charge in [-0.25, -0.2) is 4.98 Å². The van der Waals surface area contributed by atoms with Gasteiger partial charge in [-0.15, -0.1) is 11.3 Å². The van der Waals surface area contributed by atoms with Crippen LogP contribution in [-0.4, -0.2) is 17.3 Å². The minimum Gasteiger partial charge on any atom is -0.309 e. The van der Waals surface area contributed by atoms with Gasteiger partial charge in [0.2, 0.25) is 0 Å². The van der Waals surface area contributed by atoms with Crippen molar-refractivity contribution in [2.45, 2.75) is 50.9 Å². The lowest BCUT2D eigenvalue weighted by molar-refractivity contribution is 0.526. The topological polar surface area (TPSA) is 24.9 Å². The monoisotopic (exact) mass is 256 g/mol. The molecule has 16 heavy (non-hydrogen) atoms. The molecule has 0 aliphatic heterocycles. The predicted octanol–water partition coefficient (Wildman–Crippen LogP) is 3.35. The average molecular weight is 256 g/mol. The zero-order valence-corrected chi connectivity index (χ0v) is 11.7. The van der Waals surface area contributed by atoms with E-state index in [1.54, 1.807) is 0 Å². The van der Waals surface area contributed by atoms with E-state index in [1.165, 1.54) is 41.3 Å². The largest absolute Gasteiger partial charge is 0.309 e. The van der Waals surface area contributed by atoms with E-state index in [9.17, 15) is 0 Å². The van der Waals surface area contributed by atoms with E-state index in [2.05, 4.69) is 23.5 Å². The number of thioether (sulfide) groups is 1. The zero-order valence-electron chi connectivity index (χ0n) is 10.1. The van der Waals surface area contributed by atoms with E-state index in [-0.39, 0.29) is 0 Å². The summed E-state index contributed by atoms with van der Waals surface area (Å²) in [6.45, 7) is 3.15. The maximum absolute atomic E-state index is 4.60. The highest BCUT2D eigenvalue weighted by atomic mass is 32.2. The first-order chi connectivity index (χ1) is 7.79. The van der Waals surface area contributed by atoms with Crippen LogP contribution in [0.2, 0.25) is 0 Å². The Hall–Kier alpha value is -0.0600. The molecule has 1 fully saturated rings. The molecule has 1 aliphatic rings. The Kier molecular flexibility index (Phi) is 4.67. The van der Waals surface area contributed by atoms with E-state index in [4.69, 9.17) is 0 Å². The highest BCUT2D eigenvalue weighted by Gasteiger charge is 2.15. The SMILES string of the molecule is CSCc1nc(C)c(CNC2CCCC2)s1. The standard InChI is InChI=1S/C12H20N2S2/c1-9-11(16-12(14-9)8-15-2)7-13-10-5-3-4-6-10/h10,13H,3-8H2,1-2H3.